The van der Waals surface area contributed by atoms with Crippen LogP contribution in [0.1, 0.15) is 21.5 Å². The van der Waals surface area contributed by atoms with Crippen molar-refractivity contribution in [2.24, 2.45) is 7.05 Å². The number of aromatic nitrogens is 1. The molecule has 0 fully saturated rings. The van der Waals surface area contributed by atoms with E-state index < -0.39 is 76.5 Å². The van der Waals surface area contributed by atoms with Crippen molar-refractivity contribution >= 4 is 33.6 Å². The smallest absolute Gasteiger partial charge is 0.480 e. The van der Waals surface area contributed by atoms with E-state index in [4.69, 9.17) is 0 Å². The minimum atomic E-state index is -5.29. The van der Waals surface area contributed by atoms with Gasteiger partial charge in [-0.25, -0.2) is 13.6 Å². The average Bonchev–Trinajstić information content (AvgIpc) is 2.96. The third-order valence-electron chi connectivity index (χ3n) is 7.37. The van der Waals surface area contributed by atoms with Crippen LogP contribution in [0.25, 0.3) is 32.8 Å². The van der Waals surface area contributed by atoms with Crippen molar-refractivity contribution in [1.29, 1.82) is 0 Å². The summed E-state index contributed by atoms with van der Waals surface area (Å²) in [6.45, 7) is 0. The van der Waals surface area contributed by atoms with Gasteiger partial charge in [-0.1, -0.05) is 54.6 Å². The zero-order valence-corrected chi connectivity index (χ0v) is 23.8. The van der Waals surface area contributed by atoms with E-state index in [1.165, 1.54) is 67.7 Å². The Morgan fingerprint density at radius 3 is 2.09 bits per heavy atom. The normalized spacial score (nSPS) is 12.7. The largest absolute Gasteiger partial charge is 0.573 e. The van der Waals surface area contributed by atoms with E-state index >= 15 is 0 Å². The van der Waals surface area contributed by atoms with Gasteiger partial charge in [-0.2, -0.15) is 13.2 Å². The molecule has 0 spiro atoms. The first kappa shape index (κ1) is 32.9. The van der Waals surface area contributed by atoms with Gasteiger partial charge < -0.3 is 19.7 Å². The van der Waals surface area contributed by atoms with E-state index in [9.17, 15) is 54.6 Å². The summed E-state index contributed by atoms with van der Waals surface area (Å²) in [6.07, 6.45) is -10.8. The van der Waals surface area contributed by atoms with Crippen molar-refractivity contribution in [2.45, 2.75) is 25.0 Å². The van der Waals surface area contributed by atoms with Gasteiger partial charge in [0.05, 0.1) is 16.6 Å². The second-order valence-corrected chi connectivity index (χ2v) is 10.3. The van der Waals surface area contributed by atoms with Gasteiger partial charge in [0.2, 0.25) is 0 Å². The van der Waals surface area contributed by atoms with Crippen LogP contribution in [0.3, 0.4) is 0 Å². The number of fused-ring (bicyclic) bond motifs is 2. The van der Waals surface area contributed by atoms with E-state index in [2.05, 4.69) is 4.74 Å². The average molecular weight is 665 g/mol. The lowest BCUT2D eigenvalue weighted by atomic mass is 9.90. The predicted molar refractivity (Wildman–Crippen MR) is 153 cm³/mol. The maximum atomic E-state index is 14.6. The summed E-state index contributed by atoms with van der Waals surface area (Å²) < 4.78 is 115. The molecule has 1 unspecified atom stereocenters. The number of hydrogen-bond donors (Lipinski definition) is 2. The van der Waals surface area contributed by atoms with Crippen molar-refractivity contribution in [2.75, 3.05) is 0 Å². The highest BCUT2D eigenvalue weighted by molar-refractivity contribution is 6.02. The number of amides is 1. The molecule has 5 rings (SSSR count). The first-order chi connectivity index (χ1) is 22.0. The zero-order chi connectivity index (χ0) is 34.4. The number of carboxylic acids is 1. The third kappa shape index (κ3) is 6.46. The number of aryl methyl sites for hydroxylation is 1. The van der Waals surface area contributed by atoms with E-state index in [0.717, 1.165) is 4.57 Å². The van der Waals surface area contributed by atoms with Crippen molar-refractivity contribution in [1.82, 2.24) is 9.88 Å². The Morgan fingerprint density at radius 2 is 1.47 bits per heavy atom. The quantitative estimate of drug-likeness (QED) is 0.183. The molecule has 1 heterocycles. The van der Waals surface area contributed by atoms with Crippen LogP contribution >= 0.6 is 0 Å². The molecule has 0 saturated heterocycles. The molecule has 4 aromatic carbocycles. The number of carboxylic acid groups (broad SMARTS) is 1. The SMILES string of the molecule is Cn1c(=O)c(-c2cccc3c(CC(NC(=O)c4c(F)cc(OC(F)(F)F)cc4F)C(=O)O)cccc23)c(C(F)(F)F)c2ccccc21. The topological polar surface area (TPSA) is 97.6 Å². The number of alkyl halides is 6. The third-order valence-corrected chi connectivity index (χ3v) is 7.37. The fourth-order valence-electron chi connectivity index (χ4n) is 5.42. The Hall–Kier alpha value is -5.47. The minimum absolute atomic E-state index is 0.0462. The number of benzene rings is 4. The van der Waals surface area contributed by atoms with Crippen LogP contribution in [0.2, 0.25) is 0 Å². The molecule has 0 aliphatic rings. The maximum absolute atomic E-state index is 14.6. The molecule has 0 aliphatic heterocycles. The van der Waals surface area contributed by atoms with Gasteiger partial charge in [-0.05, 0) is 28.0 Å². The lowest BCUT2D eigenvalue weighted by Gasteiger charge is -2.20. The maximum Gasteiger partial charge on any atom is 0.573 e. The van der Waals surface area contributed by atoms with Crippen molar-refractivity contribution in [3.05, 3.63) is 111 Å². The predicted octanol–water partition coefficient (Wildman–Crippen LogP) is 6.98. The van der Waals surface area contributed by atoms with Crippen LogP contribution in [-0.2, 0) is 24.4 Å². The molecule has 0 radical (unpaired) electrons. The van der Waals surface area contributed by atoms with Gasteiger partial charge in [0.15, 0.2) is 0 Å². The van der Waals surface area contributed by atoms with Crippen LogP contribution in [0, 0.1) is 11.6 Å². The summed E-state index contributed by atoms with van der Waals surface area (Å²) in [5.41, 5.74) is -4.03. The van der Waals surface area contributed by atoms with Crippen molar-refractivity contribution in [3.8, 4) is 16.9 Å². The number of carbonyl (C=O) groups is 2. The molecule has 5 aromatic rings. The van der Waals surface area contributed by atoms with Crippen LogP contribution in [0.15, 0.2) is 77.6 Å². The Morgan fingerprint density at radius 1 is 0.872 bits per heavy atom. The molecule has 1 atom stereocenters. The van der Waals surface area contributed by atoms with E-state index in [-0.39, 0.29) is 44.9 Å². The molecule has 1 amide bonds. The zero-order valence-electron chi connectivity index (χ0n) is 23.8. The van der Waals surface area contributed by atoms with Gasteiger partial charge in [0.1, 0.15) is 29.0 Å². The van der Waals surface area contributed by atoms with E-state index in [0.29, 0.717) is 0 Å². The molecule has 15 heteroatoms. The van der Waals surface area contributed by atoms with E-state index in [1.807, 2.05) is 5.32 Å². The number of rotatable bonds is 7. The number of halogens is 8. The van der Waals surface area contributed by atoms with Crippen LogP contribution < -0.4 is 15.6 Å². The van der Waals surface area contributed by atoms with Gasteiger partial charge in [0, 0.05) is 31.0 Å². The minimum Gasteiger partial charge on any atom is -0.480 e. The Balaban J connectivity index is 1.57. The second-order valence-electron chi connectivity index (χ2n) is 10.3. The summed E-state index contributed by atoms with van der Waals surface area (Å²) in [5.74, 6) is -8.11. The molecule has 244 valence electrons. The standard InChI is InChI=1S/C32H20F8N2O5/c1-42-24-11-3-2-7-20(24)27(31(35,36)37)25(29(42)44)19-10-5-8-17-15(6-4-9-18(17)19)12-23(30(45)46)41-28(43)26-21(33)13-16(14-22(26)34)47-32(38,39)40/h2-11,13-14,23H,12H2,1H3,(H,41,43)(H,45,46). The van der Waals surface area contributed by atoms with Gasteiger partial charge in [-0.3, -0.25) is 9.59 Å². The number of nitrogens with zero attached hydrogens (tertiary/aromatic N) is 1. The summed E-state index contributed by atoms with van der Waals surface area (Å²) in [5, 5.41) is 11.9. The highest BCUT2D eigenvalue weighted by Crippen LogP contribution is 2.42. The molecule has 0 aliphatic carbocycles. The number of aliphatic carboxylic acids is 1. The molecular weight excluding hydrogens is 644 g/mol. The fourth-order valence-corrected chi connectivity index (χ4v) is 5.42. The molecule has 0 bridgehead atoms. The Labute approximate surface area is 258 Å². The molecule has 2 N–H and O–H groups in total. The lowest BCUT2D eigenvalue weighted by molar-refractivity contribution is -0.274. The first-order valence-electron chi connectivity index (χ1n) is 13.5. The van der Waals surface area contributed by atoms with E-state index in [1.54, 1.807) is 0 Å². The molecule has 47 heavy (non-hydrogen) atoms. The van der Waals surface area contributed by atoms with Crippen LogP contribution in [-0.4, -0.2) is 34.0 Å². The highest BCUT2D eigenvalue weighted by Gasteiger charge is 2.38. The first-order valence-corrected chi connectivity index (χ1v) is 13.5. The Bertz CT molecular complexity index is 2100. The summed E-state index contributed by atoms with van der Waals surface area (Å²) in [7, 11) is 1.33. The number of nitrogens with one attached hydrogen (secondary N) is 1. The molecule has 0 saturated carbocycles. The van der Waals surface area contributed by atoms with Gasteiger partial charge in [0.25, 0.3) is 11.5 Å². The second kappa shape index (κ2) is 12.0. The summed E-state index contributed by atoms with van der Waals surface area (Å²) in [4.78, 5) is 38.3. The summed E-state index contributed by atoms with van der Waals surface area (Å²) in [6, 6.07) is 12.2. The fraction of sp³-hybridized carbons (Fsp3) is 0.156. The number of para-hydroxylation sites is 1. The number of pyridine rings is 1. The van der Waals surface area contributed by atoms with Crippen molar-refractivity contribution in [3.63, 3.8) is 0 Å². The van der Waals surface area contributed by atoms with Crippen LogP contribution in [0.4, 0.5) is 35.1 Å². The number of carbonyl (C=O) groups excluding carboxylic acids is 1. The molecule has 1 aromatic heterocycles. The number of hydrogen-bond acceptors (Lipinski definition) is 4. The lowest BCUT2D eigenvalue weighted by Crippen LogP contribution is -2.43. The van der Waals surface area contributed by atoms with Crippen LogP contribution in [0.5, 0.6) is 5.75 Å². The van der Waals surface area contributed by atoms with Crippen molar-refractivity contribution < 1.29 is 54.6 Å². The highest BCUT2D eigenvalue weighted by atomic mass is 19.4. The molecular formula is C32H20F8N2O5. The Kier molecular flexibility index (Phi) is 8.43. The molecule has 7 nitrogen and oxygen atoms in total. The summed E-state index contributed by atoms with van der Waals surface area (Å²) >= 11 is 0. The van der Waals surface area contributed by atoms with Gasteiger partial charge in [-0.15, -0.1) is 13.2 Å². The van der Waals surface area contributed by atoms with Gasteiger partial charge >= 0.3 is 18.5 Å². The number of ether oxygens (including phenoxy) is 1. The monoisotopic (exact) mass is 664 g/mol.